The molecule has 1 saturated heterocycles. The summed E-state index contributed by atoms with van der Waals surface area (Å²) >= 11 is 0. The van der Waals surface area contributed by atoms with E-state index in [2.05, 4.69) is 21.1 Å². The predicted molar refractivity (Wildman–Crippen MR) is 106 cm³/mol. The summed E-state index contributed by atoms with van der Waals surface area (Å²) in [5.41, 5.74) is 4.70. The maximum Gasteiger partial charge on any atom is 0.365 e. The van der Waals surface area contributed by atoms with Gasteiger partial charge in [-0.1, -0.05) is 44.2 Å². The van der Waals surface area contributed by atoms with Crippen molar-refractivity contribution in [3.8, 4) is 11.4 Å². The molecule has 1 aromatic heterocycles. The van der Waals surface area contributed by atoms with Crippen LogP contribution in [0.1, 0.15) is 26.7 Å². The smallest absolute Gasteiger partial charge is 0.365 e. The van der Waals surface area contributed by atoms with Gasteiger partial charge in [-0.15, -0.1) is 10.2 Å². The summed E-state index contributed by atoms with van der Waals surface area (Å²) in [6, 6.07) is 9.01. The van der Waals surface area contributed by atoms with Crippen molar-refractivity contribution in [1.29, 1.82) is 0 Å². The van der Waals surface area contributed by atoms with Crippen molar-refractivity contribution in [1.82, 2.24) is 20.2 Å². The molecule has 0 aliphatic carbocycles. The van der Waals surface area contributed by atoms with E-state index >= 15 is 0 Å². The average Bonchev–Trinajstić information content (AvgIpc) is 3.35. The number of hydrogen-bond donors (Lipinski definition) is 3. The Morgan fingerprint density at radius 1 is 1.27 bits per heavy atom. The fourth-order valence-electron chi connectivity index (χ4n) is 3.27. The number of aliphatic hydroxyl groups is 2. The molecule has 0 saturated carbocycles. The second-order valence-electron chi connectivity index (χ2n) is 7.68. The third-order valence-corrected chi connectivity index (χ3v) is 5.58. The fraction of sp³-hybridized carbons (Fsp3) is 0.600. The number of quaternary nitrogens is 1. The van der Waals surface area contributed by atoms with Crippen LogP contribution in [0.25, 0.3) is 11.4 Å². The van der Waals surface area contributed by atoms with Gasteiger partial charge < -0.3 is 25.4 Å². The summed E-state index contributed by atoms with van der Waals surface area (Å²) in [6.07, 6.45) is -2.46. The number of aliphatic hydroxyl groups excluding tert-OH is 2. The van der Waals surface area contributed by atoms with E-state index in [9.17, 15) is 15.0 Å². The molecule has 1 aliphatic heterocycles. The lowest BCUT2D eigenvalue weighted by Gasteiger charge is -2.17. The van der Waals surface area contributed by atoms with Gasteiger partial charge in [-0.3, -0.25) is 0 Å². The molecule has 0 radical (unpaired) electrons. The second-order valence-corrected chi connectivity index (χ2v) is 7.68. The van der Waals surface area contributed by atoms with Crippen LogP contribution < -0.4 is 5.73 Å². The molecular formula is C20H30N5O5+. The van der Waals surface area contributed by atoms with Gasteiger partial charge in [-0.05, 0) is 18.1 Å². The van der Waals surface area contributed by atoms with Crippen molar-refractivity contribution in [2.45, 2.75) is 63.7 Å². The van der Waals surface area contributed by atoms with Gasteiger partial charge in [0.2, 0.25) is 5.82 Å². The van der Waals surface area contributed by atoms with Crippen molar-refractivity contribution in [2.24, 2.45) is 5.92 Å². The number of rotatable bonds is 9. The van der Waals surface area contributed by atoms with Crippen LogP contribution in [0.4, 0.5) is 0 Å². The monoisotopic (exact) mass is 420 g/mol. The normalized spacial score (nSPS) is 25.8. The van der Waals surface area contributed by atoms with Crippen LogP contribution in [0.5, 0.6) is 0 Å². The number of ether oxygens (including phenoxy) is 2. The van der Waals surface area contributed by atoms with Crippen LogP contribution in [0.2, 0.25) is 0 Å². The summed E-state index contributed by atoms with van der Waals surface area (Å²) < 4.78 is 11.0. The molecule has 0 amide bonds. The first-order valence-corrected chi connectivity index (χ1v) is 10.2. The zero-order valence-electron chi connectivity index (χ0n) is 17.3. The lowest BCUT2D eigenvalue weighted by atomic mass is 10.0. The molecule has 30 heavy (non-hydrogen) atoms. The topological polar surface area (TPSA) is 147 Å². The summed E-state index contributed by atoms with van der Waals surface area (Å²) in [6.45, 7) is 4.14. The van der Waals surface area contributed by atoms with Gasteiger partial charge in [0.15, 0.2) is 6.04 Å². The number of tetrazole rings is 1. The van der Waals surface area contributed by atoms with Crippen LogP contribution >= 0.6 is 0 Å². The molecule has 1 aromatic carbocycles. The number of nitrogens with zero attached hydrogens (tertiary/aromatic N) is 4. The molecule has 6 atom stereocenters. The molecule has 5 N–H and O–H groups in total. The fourth-order valence-corrected chi connectivity index (χ4v) is 3.27. The number of esters is 1. The van der Waals surface area contributed by atoms with Gasteiger partial charge in [0.1, 0.15) is 24.9 Å². The molecule has 2 heterocycles. The molecule has 2 aromatic rings. The summed E-state index contributed by atoms with van der Waals surface area (Å²) in [4.78, 5) is 13.5. The highest BCUT2D eigenvalue weighted by Crippen LogP contribution is 2.24. The highest BCUT2D eigenvalue weighted by atomic mass is 16.6. The third kappa shape index (κ3) is 5.20. The summed E-state index contributed by atoms with van der Waals surface area (Å²) in [7, 11) is 0. The Kier molecular flexibility index (Phi) is 7.48. The predicted octanol–water partition coefficient (Wildman–Crippen LogP) is -0.581. The van der Waals surface area contributed by atoms with E-state index in [0.29, 0.717) is 18.8 Å². The van der Waals surface area contributed by atoms with Gasteiger partial charge in [-0.25, -0.2) is 4.79 Å². The highest BCUT2D eigenvalue weighted by molar-refractivity contribution is 5.74. The molecule has 164 valence electrons. The van der Waals surface area contributed by atoms with E-state index in [0.717, 1.165) is 12.0 Å². The van der Waals surface area contributed by atoms with Gasteiger partial charge >= 0.3 is 5.97 Å². The van der Waals surface area contributed by atoms with Crippen LogP contribution in [0, 0.1) is 5.92 Å². The van der Waals surface area contributed by atoms with Crippen LogP contribution in [-0.4, -0.2) is 73.5 Å². The van der Waals surface area contributed by atoms with Gasteiger partial charge in [0, 0.05) is 11.5 Å². The molecular weight excluding hydrogens is 390 g/mol. The van der Waals surface area contributed by atoms with Crippen molar-refractivity contribution < 1.29 is 30.2 Å². The van der Waals surface area contributed by atoms with E-state index in [1.54, 1.807) is 0 Å². The Hall–Kier alpha value is -2.40. The standard InChI is InChI=1S/C20H29N5O5/c1-3-12(2)16(21)20(28)29-11-15-18(27)17(26)14(30-15)9-10-25-23-19(22-24-25)13-7-5-4-6-8-13/h4-8,12,14-18,26-27H,3,9-11,21H2,1-2H3/p+1/t12-,14-,15+,16-,17-,18+/m0/s1. The van der Waals surface area contributed by atoms with Crippen molar-refractivity contribution in [3.05, 3.63) is 30.3 Å². The van der Waals surface area contributed by atoms with Gasteiger partial charge in [0.25, 0.3) is 0 Å². The Balaban J connectivity index is 1.50. The average molecular weight is 420 g/mol. The molecule has 1 fully saturated rings. The largest absolute Gasteiger partial charge is 0.458 e. The number of hydrogen-bond acceptors (Lipinski definition) is 8. The first kappa shape index (κ1) is 22.3. The first-order chi connectivity index (χ1) is 14.4. The van der Waals surface area contributed by atoms with E-state index < -0.39 is 36.4 Å². The number of benzene rings is 1. The molecule has 10 nitrogen and oxygen atoms in total. The molecule has 0 spiro atoms. The van der Waals surface area contributed by atoms with E-state index in [4.69, 9.17) is 9.47 Å². The molecule has 3 rings (SSSR count). The number of aromatic nitrogens is 4. The molecule has 1 aliphatic rings. The third-order valence-electron chi connectivity index (χ3n) is 5.58. The van der Waals surface area contributed by atoms with Crippen LogP contribution in [-0.2, 0) is 20.8 Å². The SMILES string of the molecule is CC[C@H](C)[C@H]([NH3+])C(=O)OC[C@H]1O[C@@H](CCn2nnc(-c3ccccc3)n2)[C@H](O)[C@@H]1O. The highest BCUT2D eigenvalue weighted by Gasteiger charge is 2.43. The minimum Gasteiger partial charge on any atom is -0.458 e. The van der Waals surface area contributed by atoms with Crippen molar-refractivity contribution in [2.75, 3.05) is 6.61 Å². The summed E-state index contributed by atoms with van der Waals surface area (Å²) in [5, 5.41) is 32.9. The van der Waals surface area contributed by atoms with E-state index in [1.165, 1.54) is 4.80 Å². The molecule has 0 bridgehead atoms. The lowest BCUT2D eigenvalue weighted by Crippen LogP contribution is -2.68. The first-order valence-electron chi connectivity index (χ1n) is 10.2. The van der Waals surface area contributed by atoms with Gasteiger partial charge in [0.05, 0.1) is 12.6 Å². The van der Waals surface area contributed by atoms with Gasteiger partial charge in [-0.2, -0.15) is 4.80 Å². The molecule has 10 heteroatoms. The van der Waals surface area contributed by atoms with Crippen molar-refractivity contribution in [3.63, 3.8) is 0 Å². The van der Waals surface area contributed by atoms with E-state index in [1.807, 2.05) is 44.2 Å². The quantitative estimate of drug-likeness (QED) is 0.457. The van der Waals surface area contributed by atoms with Crippen molar-refractivity contribution >= 4 is 5.97 Å². The zero-order valence-corrected chi connectivity index (χ0v) is 17.3. The number of carbonyl (C=O) groups excluding carboxylic acids is 1. The Morgan fingerprint density at radius 3 is 2.67 bits per heavy atom. The Labute approximate surface area is 175 Å². The van der Waals surface area contributed by atoms with Crippen LogP contribution in [0.3, 0.4) is 0 Å². The maximum atomic E-state index is 12.1. The summed E-state index contributed by atoms with van der Waals surface area (Å²) in [5.74, 6) is 0.178. The second kappa shape index (κ2) is 10.1. The Bertz CT molecular complexity index is 817. The molecule has 0 unspecified atom stereocenters. The number of carbonyl (C=O) groups is 1. The minimum atomic E-state index is -1.14. The zero-order chi connectivity index (χ0) is 21.7. The lowest BCUT2D eigenvalue weighted by molar-refractivity contribution is -0.420. The minimum absolute atomic E-state index is 0.0983. The van der Waals surface area contributed by atoms with E-state index in [-0.39, 0.29) is 12.5 Å². The number of aryl methyl sites for hydroxylation is 1. The van der Waals surface area contributed by atoms with Crippen LogP contribution in [0.15, 0.2) is 30.3 Å². The maximum absolute atomic E-state index is 12.1. The Morgan fingerprint density at radius 2 is 1.97 bits per heavy atom.